The van der Waals surface area contributed by atoms with Crippen LogP contribution < -0.4 is 9.46 Å². The van der Waals surface area contributed by atoms with Crippen molar-refractivity contribution in [1.82, 2.24) is 10.2 Å². The monoisotopic (exact) mass is 357 g/mol. The number of methoxy groups -OCH3 is 1. The summed E-state index contributed by atoms with van der Waals surface area (Å²) in [5.41, 5.74) is 0. The van der Waals surface area contributed by atoms with Crippen molar-refractivity contribution in [3.8, 4) is 5.75 Å². The highest BCUT2D eigenvalue weighted by atomic mass is 32.2. The molecular formula is C10H7F4N3O3S2. The van der Waals surface area contributed by atoms with E-state index in [4.69, 9.17) is 0 Å². The highest BCUT2D eigenvalue weighted by Crippen LogP contribution is 2.33. The molecule has 0 saturated carbocycles. The highest BCUT2D eigenvalue weighted by Gasteiger charge is 2.36. The van der Waals surface area contributed by atoms with E-state index in [2.05, 4.69) is 14.9 Å². The van der Waals surface area contributed by atoms with E-state index in [9.17, 15) is 26.0 Å². The van der Waals surface area contributed by atoms with Crippen LogP contribution in [0.15, 0.2) is 23.1 Å². The van der Waals surface area contributed by atoms with E-state index in [1.807, 2.05) is 0 Å². The topological polar surface area (TPSA) is 81.2 Å². The minimum Gasteiger partial charge on any atom is -0.494 e. The van der Waals surface area contributed by atoms with E-state index in [0.717, 1.165) is 12.1 Å². The number of sulfonamides is 1. The fraction of sp³-hybridized carbons (Fsp3) is 0.200. The molecule has 12 heteroatoms. The second kappa shape index (κ2) is 5.68. The van der Waals surface area contributed by atoms with Crippen LogP contribution in [0.25, 0.3) is 0 Å². The van der Waals surface area contributed by atoms with Gasteiger partial charge < -0.3 is 4.74 Å². The van der Waals surface area contributed by atoms with Crippen LogP contribution in [0.3, 0.4) is 0 Å². The molecule has 22 heavy (non-hydrogen) atoms. The van der Waals surface area contributed by atoms with Gasteiger partial charge in [-0.2, -0.15) is 13.2 Å². The summed E-state index contributed by atoms with van der Waals surface area (Å²) in [6, 6.07) is 2.79. The van der Waals surface area contributed by atoms with E-state index in [1.165, 1.54) is 7.11 Å². The molecule has 0 aliphatic carbocycles. The lowest BCUT2D eigenvalue weighted by Crippen LogP contribution is -2.13. The molecule has 1 aromatic carbocycles. The summed E-state index contributed by atoms with van der Waals surface area (Å²) in [4.78, 5) is -0.491. The molecule has 0 spiro atoms. The highest BCUT2D eigenvalue weighted by molar-refractivity contribution is 7.93. The Bertz CT molecular complexity index is 789. The zero-order chi connectivity index (χ0) is 16.5. The molecule has 0 fully saturated rings. The molecular weight excluding hydrogens is 350 g/mol. The maximum atomic E-state index is 13.5. The number of hydrogen-bond donors (Lipinski definition) is 1. The minimum absolute atomic E-state index is 0.0173. The van der Waals surface area contributed by atoms with Crippen LogP contribution in [0.1, 0.15) is 5.01 Å². The molecule has 0 atom stereocenters. The minimum atomic E-state index is -4.73. The molecule has 0 aliphatic rings. The van der Waals surface area contributed by atoms with Gasteiger partial charge in [-0.05, 0) is 18.2 Å². The molecule has 0 amide bonds. The van der Waals surface area contributed by atoms with Gasteiger partial charge in [-0.1, -0.05) is 11.3 Å². The molecule has 0 saturated heterocycles. The maximum absolute atomic E-state index is 13.5. The first-order valence-electron chi connectivity index (χ1n) is 5.40. The van der Waals surface area contributed by atoms with Crippen molar-refractivity contribution < 1.29 is 30.7 Å². The number of anilines is 1. The number of hydrogen-bond acceptors (Lipinski definition) is 6. The first-order chi connectivity index (χ1) is 10.1. The molecule has 2 aromatic rings. The van der Waals surface area contributed by atoms with Crippen LogP contribution in [-0.4, -0.2) is 25.7 Å². The second-order valence-electron chi connectivity index (χ2n) is 3.81. The quantitative estimate of drug-likeness (QED) is 0.851. The van der Waals surface area contributed by atoms with E-state index in [-0.39, 0.29) is 17.1 Å². The van der Waals surface area contributed by atoms with Gasteiger partial charge in [0, 0.05) is 0 Å². The Labute approximate surface area is 125 Å². The van der Waals surface area contributed by atoms with E-state index < -0.39 is 37.1 Å². The number of rotatable bonds is 4. The lowest BCUT2D eigenvalue weighted by atomic mass is 10.3. The zero-order valence-electron chi connectivity index (χ0n) is 10.7. The molecule has 0 unspecified atom stereocenters. The molecule has 0 radical (unpaired) electrons. The number of ether oxygens (including phenoxy) is 1. The fourth-order valence-electron chi connectivity index (χ4n) is 1.37. The second-order valence-corrected chi connectivity index (χ2v) is 6.47. The van der Waals surface area contributed by atoms with Gasteiger partial charge in [-0.3, -0.25) is 4.72 Å². The smallest absolute Gasteiger partial charge is 0.445 e. The molecule has 0 aliphatic heterocycles. The van der Waals surface area contributed by atoms with Crippen molar-refractivity contribution in [2.75, 3.05) is 11.8 Å². The summed E-state index contributed by atoms with van der Waals surface area (Å²) in [5.74, 6) is -1.10. The largest absolute Gasteiger partial charge is 0.494 e. The number of alkyl halides is 3. The van der Waals surface area contributed by atoms with Crippen molar-refractivity contribution in [2.24, 2.45) is 0 Å². The normalized spacial score (nSPS) is 12.2. The van der Waals surface area contributed by atoms with Crippen molar-refractivity contribution >= 4 is 26.5 Å². The third-order valence-electron chi connectivity index (χ3n) is 2.32. The molecule has 120 valence electrons. The Morgan fingerprint density at radius 3 is 2.45 bits per heavy atom. The lowest BCUT2D eigenvalue weighted by molar-refractivity contribution is -0.138. The molecule has 1 N–H and O–H groups in total. The van der Waals surface area contributed by atoms with Crippen LogP contribution in [0.2, 0.25) is 0 Å². The molecule has 0 bridgehead atoms. The van der Waals surface area contributed by atoms with Gasteiger partial charge in [-0.15, -0.1) is 10.2 Å². The van der Waals surface area contributed by atoms with Gasteiger partial charge in [0.1, 0.15) is 0 Å². The lowest BCUT2D eigenvalue weighted by Gasteiger charge is -2.06. The van der Waals surface area contributed by atoms with Crippen molar-refractivity contribution in [3.63, 3.8) is 0 Å². The summed E-state index contributed by atoms with van der Waals surface area (Å²) in [5, 5.41) is 4.04. The van der Waals surface area contributed by atoms with Crippen LogP contribution in [0.4, 0.5) is 22.7 Å². The van der Waals surface area contributed by atoms with Crippen LogP contribution >= 0.6 is 11.3 Å². The van der Waals surface area contributed by atoms with Gasteiger partial charge >= 0.3 is 6.18 Å². The van der Waals surface area contributed by atoms with E-state index in [1.54, 1.807) is 4.72 Å². The first-order valence-corrected chi connectivity index (χ1v) is 7.70. The van der Waals surface area contributed by atoms with Crippen molar-refractivity contribution in [2.45, 2.75) is 11.1 Å². The standard InChI is InChI=1S/C10H7F4N3O3S2/c1-20-7-3-2-5(4-6(7)11)22(18,19)17-9-16-15-8(21-9)10(12,13)14/h2-4H,1H3,(H,16,17). The van der Waals surface area contributed by atoms with Crippen molar-refractivity contribution in [3.05, 3.63) is 29.0 Å². The third kappa shape index (κ3) is 3.44. The van der Waals surface area contributed by atoms with Crippen LogP contribution in [0, 0.1) is 5.82 Å². The van der Waals surface area contributed by atoms with Crippen LogP contribution in [-0.2, 0) is 16.2 Å². The van der Waals surface area contributed by atoms with Gasteiger partial charge in [0.05, 0.1) is 12.0 Å². The predicted octanol–water partition coefficient (Wildman–Crippen LogP) is 2.51. The first kappa shape index (κ1) is 16.4. The Morgan fingerprint density at radius 1 is 1.27 bits per heavy atom. The van der Waals surface area contributed by atoms with Gasteiger partial charge in [0.2, 0.25) is 10.1 Å². The number of aromatic nitrogens is 2. The fourth-order valence-corrected chi connectivity index (χ4v) is 3.22. The number of nitrogens with zero attached hydrogens (tertiary/aromatic N) is 2. The Hall–Kier alpha value is -1.95. The Balaban J connectivity index is 2.28. The predicted molar refractivity (Wildman–Crippen MR) is 68.7 cm³/mol. The molecule has 6 nitrogen and oxygen atoms in total. The van der Waals surface area contributed by atoms with E-state index in [0.29, 0.717) is 6.07 Å². The van der Waals surface area contributed by atoms with Crippen LogP contribution in [0.5, 0.6) is 5.75 Å². The zero-order valence-corrected chi connectivity index (χ0v) is 12.3. The van der Waals surface area contributed by atoms with Crippen molar-refractivity contribution in [1.29, 1.82) is 0 Å². The Kier molecular flexibility index (Phi) is 4.24. The average molecular weight is 357 g/mol. The molecule has 2 rings (SSSR count). The number of benzene rings is 1. The van der Waals surface area contributed by atoms with Gasteiger partial charge in [0.15, 0.2) is 11.6 Å². The maximum Gasteiger partial charge on any atom is 0.445 e. The number of halogens is 4. The summed E-state index contributed by atoms with van der Waals surface area (Å²) >= 11 is 0.0173. The van der Waals surface area contributed by atoms with Gasteiger partial charge in [0.25, 0.3) is 10.0 Å². The third-order valence-corrected chi connectivity index (χ3v) is 4.67. The SMILES string of the molecule is COc1ccc(S(=O)(=O)Nc2nnc(C(F)(F)F)s2)cc1F. The summed E-state index contributed by atoms with van der Waals surface area (Å²) < 4.78 is 80.9. The summed E-state index contributed by atoms with van der Waals surface area (Å²) in [6.07, 6.45) is -4.73. The van der Waals surface area contributed by atoms with E-state index >= 15 is 0 Å². The molecule has 1 aromatic heterocycles. The number of nitrogens with one attached hydrogen (secondary N) is 1. The summed E-state index contributed by atoms with van der Waals surface area (Å²) in [6.45, 7) is 0. The molecule has 1 heterocycles. The summed E-state index contributed by atoms with van der Waals surface area (Å²) in [7, 11) is -3.10. The Morgan fingerprint density at radius 2 is 1.95 bits per heavy atom. The average Bonchev–Trinajstić information content (AvgIpc) is 2.86. The van der Waals surface area contributed by atoms with Gasteiger partial charge in [-0.25, -0.2) is 12.8 Å².